The predicted octanol–water partition coefficient (Wildman–Crippen LogP) is 3.38. The highest BCUT2D eigenvalue weighted by Crippen LogP contribution is 2.16. The van der Waals surface area contributed by atoms with Gasteiger partial charge in [-0.1, -0.05) is 29.8 Å². The van der Waals surface area contributed by atoms with Crippen LogP contribution in [0.1, 0.15) is 17.0 Å². The van der Waals surface area contributed by atoms with Gasteiger partial charge in [-0.25, -0.2) is 4.68 Å². The molecule has 0 atom stereocenters. The Bertz CT molecular complexity index is 940. The number of guanidine groups is 1. The van der Waals surface area contributed by atoms with Crippen LogP contribution in [0.15, 0.2) is 53.8 Å². The van der Waals surface area contributed by atoms with E-state index in [-0.39, 0.29) is 0 Å². The highest BCUT2D eigenvalue weighted by Gasteiger charge is 2.11. The Morgan fingerprint density at radius 3 is 2.70 bits per heavy atom. The smallest absolute Gasteiger partial charge is 0.194 e. The zero-order valence-electron chi connectivity index (χ0n) is 16.1. The molecule has 3 rings (SSSR count). The topological polar surface area (TPSA) is 50.4 Å². The van der Waals surface area contributed by atoms with E-state index in [0.29, 0.717) is 13.1 Å². The second-order valence-corrected chi connectivity index (χ2v) is 6.98. The molecule has 0 fully saturated rings. The van der Waals surface area contributed by atoms with Crippen LogP contribution in [-0.2, 0) is 20.1 Å². The van der Waals surface area contributed by atoms with Crippen molar-refractivity contribution in [1.82, 2.24) is 24.6 Å². The summed E-state index contributed by atoms with van der Waals surface area (Å²) in [4.78, 5) is 6.48. The largest absolute Gasteiger partial charge is 0.352 e. The minimum atomic E-state index is 0.653. The van der Waals surface area contributed by atoms with E-state index < -0.39 is 0 Å². The van der Waals surface area contributed by atoms with Crippen LogP contribution < -0.4 is 5.32 Å². The summed E-state index contributed by atoms with van der Waals surface area (Å²) in [5, 5.41) is 8.71. The summed E-state index contributed by atoms with van der Waals surface area (Å²) in [5.41, 5.74) is 4.33. The van der Waals surface area contributed by atoms with Gasteiger partial charge in [0.15, 0.2) is 5.96 Å². The van der Waals surface area contributed by atoms with Crippen molar-refractivity contribution < 1.29 is 0 Å². The summed E-state index contributed by atoms with van der Waals surface area (Å²) in [6, 6.07) is 12.2. The van der Waals surface area contributed by atoms with Gasteiger partial charge in [-0.05, 0) is 30.7 Å². The lowest BCUT2D eigenvalue weighted by atomic mass is 10.2. The Labute approximate surface area is 165 Å². The fraction of sp³-hybridized carbons (Fsp3) is 0.300. The Morgan fingerprint density at radius 1 is 1.30 bits per heavy atom. The van der Waals surface area contributed by atoms with Gasteiger partial charge in [-0.15, -0.1) is 0 Å². The number of hydrogen-bond acceptors (Lipinski definition) is 2. The van der Waals surface area contributed by atoms with Crippen LogP contribution in [0.3, 0.4) is 0 Å². The van der Waals surface area contributed by atoms with E-state index in [1.807, 2.05) is 66.9 Å². The fourth-order valence-corrected chi connectivity index (χ4v) is 3.31. The van der Waals surface area contributed by atoms with E-state index in [2.05, 4.69) is 32.4 Å². The number of aliphatic imine (C=N–C) groups is 1. The van der Waals surface area contributed by atoms with Crippen molar-refractivity contribution in [3.05, 3.63) is 70.8 Å². The maximum absolute atomic E-state index is 6.09. The van der Waals surface area contributed by atoms with Crippen molar-refractivity contribution >= 4 is 17.6 Å². The monoisotopic (exact) mass is 384 g/mol. The van der Waals surface area contributed by atoms with Crippen LogP contribution in [0.4, 0.5) is 0 Å². The second kappa shape index (κ2) is 8.31. The first kappa shape index (κ1) is 19.0. The lowest BCUT2D eigenvalue weighted by Gasteiger charge is -2.23. The molecule has 0 amide bonds. The first-order valence-electron chi connectivity index (χ1n) is 8.81. The predicted molar refractivity (Wildman–Crippen MR) is 110 cm³/mol. The number of halogens is 1. The average Bonchev–Trinajstić information content (AvgIpc) is 3.21. The van der Waals surface area contributed by atoms with E-state index in [1.54, 1.807) is 7.05 Å². The number of aromatic nitrogens is 3. The Balaban J connectivity index is 1.71. The third-order valence-corrected chi connectivity index (χ3v) is 4.65. The third-order valence-electron chi connectivity index (χ3n) is 4.44. The van der Waals surface area contributed by atoms with Crippen molar-refractivity contribution in [2.75, 3.05) is 14.1 Å². The van der Waals surface area contributed by atoms with E-state index >= 15 is 0 Å². The number of hydrogen-bond donors (Lipinski definition) is 1. The van der Waals surface area contributed by atoms with Gasteiger partial charge in [-0.3, -0.25) is 4.99 Å². The van der Waals surface area contributed by atoms with Crippen LogP contribution in [0.2, 0.25) is 5.02 Å². The van der Waals surface area contributed by atoms with Gasteiger partial charge < -0.3 is 14.8 Å². The zero-order valence-corrected chi connectivity index (χ0v) is 16.9. The van der Waals surface area contributed by atoms with Gasteiger partial charge in [0.1, 0.15) is 0 Å². The highest BCUT2D eigenvalue weighted by atomic mass is 35.5. The molecule has 7 heteroatoms. The fourth-order valence-electron chi connectivity index (χ4n) is 3.03. The molecule has 0 aliphatic rings. The van der Waals surface area contributed by atoms with Gasteiger partial charge in [0.25, 0.3) is 0 Å². The summed E-state index contributed by atoms with van der Waals surface area (Å²) in [6.45, 7) is 3.35. The molecule has 27 heavy (non-hydrogen) atoms. The molecule has 1 aromatic carbocycles. The quantitative estimate of drug-likeness (QED) is 0.542. The number of nitrogens with one attached hydrogen (secondary N) is 1. The number of rotatable bonds is 5. The highest BCUT2D eigenvalue weighted by molar-refractivity contribution is 6.30. The summed E-state index contributed by atoms with van der Waals surface area (Å²) >= 11 is 6.09. The van der Waals surface area contributed by atoms with E-state index in [1.165, 1.54) is 0 Å². The van der Waals surface area contributed by atoms with Gasteiger partial charge in [0.2, 0.25) is 0 Å². The van der Waals surface area contributed by atoms with Crippen molar-refractivity contribution in [1.29, 1.82) is 0 Å². The molecular formula is C20H25ClN6. The molecule has 142 valence electrons. The van der Waals surface area contributed by atoms with Crippen LogP contribution in [0.5, 0.6) is 0 Å². The Kier molecular flexibility index (Phi) is 5.86. The van der Waals surface area contributed by atoms with Crippen LogP contribution in [-0.4, -0.2) is 39.3 Å². The van der Waals surface area contributed by atoms with Crippen molar-refractivity contribution in [3.63, 3.8) is 0 Å². The summed E-state index contributed by atoms with van der Waals surface area (Å²) in [7, 11) is 5.80. The van der Waals surface area contributed by atoms with Gasteiger partial charge in [0.05, 0.1) is 22.9 Å². The second-order valence-electron chi connectivity index (χ2n) is 6.55. The molecule has 0 saturated carbocycles. The van der Waals surface area contributed by atoms with Crippen molar-refractivity contribution in [2.24, 2.45) is 12.0 Å². The molecule has 0 aliphatic heterocycles. The first-order chi connectivity index (χ1) is 13.0. The SMILES string of the molecule is CN=C(NCc1ccccc1-n1ccc(C)n1)N(C)Cc1cc(Cl)cn1C. The molecule has 0 unspecified atom stereocenters. The third kappa shape index (κ3) is 4.52. The summed E-state index contributed by atoms with van der Waals surface area (Å²) in [5.74, 6) is 0.818. The normalized spacial score (nSPS) is 11.7. The minimum absolute atomic E-state index is 0.653. The van der Waals surface area contributed by atoms with Crippen molar-refractivity contribution in [2.45, 2.75) is 20.0 Å². The molecule has 2 aromatic heterocycles. The molecule has 0 radical (unpaired) electrons. The van der Waals surface area contributed by atoms with E-state index in [9.17, 15) is 0 Å². The van der Waals surface area contributed by atoms with Gasteiger partial charge in [-0.2, -0.15) is 5.10 Å². The van der Waals surface area contributed by atoms with E-state index in [4.69, 9.17) is 11.6 Å². The molecule has 0 bridgehead atoms. The minimum Gasteiger partial charge on any atom is -0.352 e. The number of para-hydroxylation sites is 1. The molecule has 0 aliphatic carbocycles. The standard InChI is InChI=1S/C20H25ClN6/c1-15-9-10-27(24-15)19-8-6-5-7-16(19)12-23-20(22-2)26(4)14-18-11-17(21)13-25(18)3/h5-11,13H,12,14H2,1-4H3,(H,22,23). The number of nitrogens with zero attached hydrogens (tertiary/aromatic N) is 5. The maximum atomic E-state index is 6.09. The molecular weight excluding hydrogens is 360 g/mol. The molecule has 1 N–H and O–H groups in total. The molecule has 2 heterocycles. The summed E-state index contributed by atoms with van der Waals surface area (Å²) in [6.07, 6.45) is 3.89. The lowest BCUT2D eigenvalue weighted by molar-refractivity contribution is 0.461. The molecule has 3 aromatic rings. The average molecular weight is 385 g/mol. The Hall–Kier alpha value is -2.73. The first-order valence-corrected chi connectivity index (χ1v) is 9.19. The van der Waals surface area contributed by atoms with Gasteiger partial charge >= 0.3 is 0 Å². The molecule has 6 nitrogen and oxygen atoms in total. The van der Waals surface area contributed by atoms with Crippen molar-refractivity contribution in [3.8, 4) is 5.69 Å². The van der Waals surface area contributed by atoms with Crippen LogP contribution in [0.25, 0.3) is 5.69 Å². The van der Waals surface area contributed by atoms with Crippen LogP contribution in [0, 0.1) is 6.92 Å². The van der Waals surface area contributed by atoms with Gasteiger partial charge in [0, 0.05) is 45.8 Å². The van der Waals surface area contributed by atoms with E-state index in [0.717, 1.165) is 33.6 Å². The maximum Gasteiger partial charge on any atom is 0.194 e. The Morgan fingerprint density at radius 2 is 2.07 bits per heavy atom. The lowest BCUT2D eigenvalue weighted by Crippen LogP contribution is -2.38. The molecule has 0 spiro atoms. The number of aryl methyl sites for hydroxylation is 2. The zero-order chi connectivity index (χ0) is 19.4. The van der Waals surface area contributed by atoms with Crippen LogP contribution >= 0.6 is 11.6 Å². The number of benzene rings is 1. The molecule has 0 saturated heterocycles. The summed E-state index contributed by atoms with van der Waals surface area (Å²) < 4.78 is 3.94.